The molecule has 0 bridgehead atoms. The third-order valence-electron chi connectivity index (χ3n) is 3.60. The Kier molecular flexibility index (Phi) is 4.24. The standard InChI is InChI=1S/C17H18N2O2S/c1-12(20)19(13-8-9-13)16-7-3-2-6-15(16)18-17(21)11-14-5-4-10-22-14/h2-7,10,13H,8-9,11H2,1H3,(H,18,21). The number of carbonyl (C=O) groups excluding carboxylic acids is 2. The van der Waals surface area contributed by atoms with Crippen molar-refractivity contribution in [2.45, 2.75) is 32.2 Å². The van der Waals surface area contributed by atoms with Gasteiger partial charge in [-0.3, -0.25) is 9.59 Å². The minimum Gasteiger partial charge on any atom is -0.324 e. The summed E-state index contributed by atoms with van der Waals surface area (Å²) in [5.41, 5.74) is 1.49. The number of anilines is 2. The lowest BCUT2D eigenvalue weighted by atomic mass is 10.2. The van der Waals surface area contributed by atoms with Gasteiger partial charge in [0.15, 0.2) is 0 Å². The molecular weight excluding hydrogens is 296 g/mol. The summed E-state index contributed by atoms with van der Waals surface area (Å²) in [6.07, 6.45) is 2.41. The number of amides is 2. The first-order chi connectivity index (χ1) is 10.6. The van der Waals surface area contributed by atoms with Gasteiger partial charge in [0, 0.05) is 17.8 Å². The van der Waals surface area contributed by atoms with Crippen LogP contribution in [0.5, 0.6) is 0 Å². The Morgan fingerprint density at radius 1 is 1.23 bits per heavy atom. The number of nitrogens with zero attached hydrogens (tertiary/aromatic N) is 1. The quantitative estimate of drug-likeness (QED) is 0.919. The number of hydrogen-bond donors (Lipinski definition) is 1. The van der Waals surface area contributed by atoms with Crippen LogP contribution in [-0.4, -0.2) is 17.9 Å². The summed E-state index contributed by atoms with van der Waals surface area (Å²) in [6.45, 7) is 1.57. The molecule has 1 aliphatic rings. The average molecular weight is 314 g/mol. The van der Waals surface area contributed by atoms with Crippen molar-refractivity contribution in [2.24, 2.45) is 0 Å². The Labute approximate surface area is 133 Å². The highest BCUT2D eigenvalue weighted by Gasteiger charge is 2.33. The second-order valence-corrected chi connectivity index (χ2v) is 6.47. The molecule has 1 saturated carbocycles. The molecular formula is C17H18N2O2S. The van der Waals surface area contributed by atoms with E-state index in [0.717, 1.165) is 23.4 Å². The van der Waals surface area contributed by atoms with Gasteiger partial charge in [-0.2, -0.15) is 0 Å². The van der Waals surface area contributed by atoms with Gasteiger partial charge in [0.05, 0.1) is 17.8 Å². The molecule has 2 aromatic rings. The van der Waals surface area contributed by atoms with Crippen molar-refractivity contribution in [1.82, 2.24) is 0 Å². The van der Waals surface area contributed by atoms with E-state index in [0.29, 0.717) is 12.1 Å². The normalized spacial score (nSPS) is 13.7. The number of para-hydroxylation sites is 2. The Morgan fingerprint density at radius 3 is 2.64 bits per heavy atom. The number of rotatable bonds is 5. The largest absolute Gasteiger partial charge is 0.324 e. The van der Waals surface area contributed by atoms with Crippen LogP contribution in [0.2, 0.25) is 0 Å². The van der Waals surface area contributed by atoms with Gasteiger partial charge in [-0.05, 0) is 36.4 Å². The van der Waals surface area contributed by atoms with Gasteiger partial charge in [-0.25, -0.2) is 0 Å². The Morgan fingerprint density at radius 2 is 2.00 bits per heavy atom. The molecule has 2 amide bonds. The molecule has 1 N–H and O–H groups in total. The van der Waals surface area contributed by atoms with Crippen LogP contribution < -0.4 is 10.2 Å². The fourth-order valence-corrected chi connectivity index (χ4v) is 3.21. The van der Waals surface area contributed by atoms with Crippen molar-refractivity contribution in [3.05, 3.63) is 46.7 Å². The summed E-state index contributed by atoms with van der Waals surface area (Å²) >= 11 is 1.57. The molecule has 4 nitrogen and oxygen atoms in total. The van der Waals surface area contributed by atoms with Gasteiger partial charge in [0.1, 0.15) is 0 Å². The minimum absolute atomic E-state index is 0.0162. The molecule has 1 aromatic carbocycles. The van der Waals surface area contributed by atoms with Crippen LogP contribution in [0.15, 0.2) is 41.8 Å². The maximum atomic E-state index is 12.2. The van der Waals surface area contributed by atoms with Crippen LogP contribution in [0.25, 0.3) is 0 Å². The number of benzene rings is 1. The topological polar surface area (TPSA) is 49.4 Å². The lowest BCUT2D eigenvalue weighted by molar-refractivity contribution is -0.117. The van der Waals surface area contributed by atoms with Crippen LogP contribution in [0, 0.1) is 0 Å². The summed E-state index contributed by atoms with van der Waals surface area (Å²) in [6, 6.07) is 11.7. The number of hydrogen-bond acceptors (Lipinski definition) is 3. The maximum absolute atomic E-state index is 12.2. The number of nitrogens with one attached hydrogen (secondary N) is 1. The highest BCUT2D eigenvalue weighted by atomic mass is 32.1. The van der Waals surface area contributed by atoms with Crippen LogP contribution >= 0.6 is 11.3 Å². The monoisotopic (exact) mass is 314 g/mol. The predicted molar refractivity (Wildman–Crippen MR) is 89.3 cm³/mol. The Hall–Kier alpha value is -2.14. The van der Waals surface area contributed by atoms with E-state index in [1.807, 2.05) is 41.8 Å². The van der Waals surface area contributed by atoms with Crippen molar-refractivity contribution in [3.63, 3.8) is 0 Å². The zero-order valence-electron chi connectivity index (χ0n) is 12.4. The highest BCUT2D eigenvalue weighted by Crippen LogP contribution is 2.36. The highest BCUT2D eigenvalue weighted by molar-refractivity contribution is 7.10. The Balaban J connectivity index is 1.78. The molecule has 22 heavy (non-hydrogen) atoms. The maximum Gasteiger partial charge on any atom is 0.229 e. The molecule has 0 aliphatic heterocycles. The zero-order valence-corrected chi connectivity index (χ0v) is 13.2. The van der Waals surface area contributed by atoms with Crippen LogP contribution in [-0.2, 0) is 16.0 Å². The second kappa shape index (κ2) is 6.32. The molecule has 3 rings (SSSR count). The third kappa shape index (κ3) is 3.36. The summed E-state index contributed by atoms with van der Waals surface area (Å²) in [4.78, 5) is 27.0. The van der Waals surface area contributed by atoms with E-state index in [1.165, 1.54) is 0 Å². The van der Waals surface area contributed by atoms with Gasteiger partial charge >= 0.3 is 0 Å². The van der Waals surface area contributed by atoms with Crippen molar-refractivity contribution in [2.75, 3.05) is 10.2 Å². The van der Waals surface area contributed by atoms with Crippen molar-refractivity contribution in [3.8, 4) is 0 Å². The van der Waals surface area contributed by atoms with E-state index >= 15 is 0 Å². The molecule has 1 aliphatic carbocycles. The molecule has 0 unspecified atom stereocenters. The van der Waals surface area contributed by atoms with E-state index in [1.54, 1.807) is 23.2 Å². The average Bonchev–Trinajstić information content (AvgIpc) is 3.17. The molecule has 114 valence electrons. The van der Waals surface area contributed by atoms with E-state index in [9.17, 15) is 9.59 Å². The van der Waals surface area contributed by atoms with E-state index in [4.69, 9.17) is 0 Å². The van der Waals surface area contributed by atoms with E-state index < -0.39 is 0 Å². The van der Waals surface area contributed by atoms with E-state index in [2.05, 4.69) is 5.32 Å². The summed E-state index contributed by atoms with van der Waals surface area (Å²) < 4.78 is 0. The second-order valence-electron chi connectivity index (χ2n) is 5.44. The van der Waals surface area contributed by atoms with Crippen molar-refractivity contribution >= 4 is 34.5 Å². The first-order valence-corrected chi connectivity index (χ1v) is 8.24. The SMILES string of the molecule is CC(=O)N(c1ccccc1NC(=O)Cc1cccs1)C1CC1. The van der Waals surface area contributed by atoms with E-state index in [-0.39, 0.29) is 17.9 Å². The predicted octanol–water partition coefficient (Wildman–Crippen LogP) is 3.44. The molecule has 1 fully saturated rings. The lowest BCUT2D eigenvalue weighted by Gasteiger charge is -2.23. The Bertz CT molecular complexity index is 678. The number of thiophene rings is 1. The molecule has 5 heteroatoms. The van der Waals surface area contributed by atoms with Crippen LogP contribution in [0.4, 0.5) is 11.4 Å². The lowest BCUT2D eigenvalue weighted by Crippen LogP contribution is -2.31. The number of carbonyl (C=O) groups is 2. The summed E-state index contributed by atoms with van der Waals surface area (Å²) in [7, 11) is 0. The van der Waals surface area contributed by atoms with Crippen LogP contribution in [0.3, 0.4) is 0 Å². The molecule has 0 saturated heterocycles. The third-order valence-corrected chi connectivity index (χ3v) is 4.48. The van der Waals surface area contributed by atoms with Gasteiger partial charge < -0.3 is 10.2 Å². The van der Waals surface area contributed by atoms with Gasteiger partial charge in [-0.15, -0.1) is 11.3 Å². The molecule has 0 radical (unpaired) electrons. The van der Waals surface area contributed by atoms with Crippen molar-refractivity contribution in [1.29, 1.82) is 0 Å². The summed E-state index contributed by atoms with van der Waals surface area (Å²) in [5, 5.41) is 4.90. The van der Waals surface area contributed by atoms with Crippen molar-refractivity contribution < 1.29 is 9.59 Å². The first kappa shape index (κ1) is 14.8. The molecule has 1 heterocycles. The smallest absolute Gasteiger partial charge is 0.229 e. The summed E-state index contributed by atoms with van der Waals surface area (Å²) in [5.74, 6) is -0.0448. The molecule has 1 aromatic heterocycles. The fourth-order valence-electron chi connectivity index (χ4n) is 2.51. The fraction of sp³-hybridized carbons (Fsp3) is 0.294. The van der Waals surface area contributed by atoms with Gasteiger partial charge in [0.25, 0.3) is 0 Å². The molecule has 0 atom stereocenters. The van der Waals surface area contributed by atoms with Gasteiger partial charge in [-0.1, -0.05) is 18.2 Å². The minimum atomic E-state index is -0.0609. The zero-order chi connectivity index (χ0) is 15.5. The van der Waals surface area contributed by atoms with Gasteiger partial charge in [0.2, 0.25) is 11.8 Å². The first-order valence-electron chi connectivity index (χ1n) is 7.36. The van der Waals surface area contributed by atoms with Crippen LogP contribution in [0.1, 0.15) is 24.6 Å². The molecule has 0 spiro atoms.